The molecule has 3 aromatic rings. The number of benzene rings is 3. The molecule has 1 saturated heterocycles. The van der Waals surface area contributed by atoms with Crippen molar-refractivity contribution in [2.75, 3.05) is 30.7 Å². The van der Waals surface area contributed by atoms with Crippen molar-refractivity contribution in [3.05, 3.63) is 96.1 Å². The molecule has 0 aromatic heterocycles. The molecule has 192 valence electrons. The molecule has 1 aliphatic rings. The molecule has 1 aliphatic heterocycles. The Kier molecular flexibility index (Phi) is 9.02. The maximum absolute atomic E-state index is 11.6. The van der Waals surface area contributed by atoms with Gasteiger partial charge in [0.2, 0.25) is 10.0 Å². The number of hydrogen-bond donors (Lipinski definition) is 1. The largest absolute Gasteiger partial charge is 0.491 e. The maximum atomic E-state index is 11.6. The zero-order chi connectivity index (χ0) is 25.4. The molecule has 4 rings (SSSR count). The predicted octanol–water partition coefficient (Wildman–Crippen LogP) is 5.49. The molecular weight excluding hydrogens is 472 g/mol. The van der Waals surface area contributed by atoms with Crippen LogP contribution in [0.4, 0.5) is 5.69 Å². The number of para-hydroxylation sites is 2. The van der Waals surface area contributed by atoms with Crippen LogP contribution in [-0.2, 0) is 14.8 Å². The van der Waals surface area contributed by atoms with Gasteiger partial charge in [-0.05, 0) is 49.4 Å². The Morgan fingerprint density at radius 3 is 2.03 bits per heavy atom. The summed E-state index contributed by atoms with van der Waals surface area (Å²) in [5, 5.41) is 0. The first-order valence-electron chi connectivity index (χ1n) is 12.6. The van der Waals surface area contributed by atoms with E-state index in [-0.39, 0.29) is 12.2 Å². The minimum atomic E-state index is -3.36. The molecule has 1 N–H and O–H groups in total. The van der Waals surface area contributed by atoms with Crippen LogP contribution in [0.2, 0.25) is 0 Å². The summed E-state index contributed by atoms with van der Waals surface area (Å²) in [7, 11) is -3.36. The molecule has 1 unspecified atom stereocenters. The Hall–Kier alpha value is -2.87. The van der Waals surface area contributed by atoms with Gasteiger partial charge in [-0.1, -0.05) is 72.8 Å². The topological polar surface area (TPSA) is 67.9 Å². The summed E-state index contributed by atoms with van der Waals surface area (Å²) in [4.78, 5) is 2.49. The van der Waals surface area contributed by atoms with E-state index in [1.54, 1.807) is 18.2 Å². The second kappa shape index (κ2) is 12.4. The van der Waals surface area contributed by atoms with Gasteiger partial charge in [-0.15, -0.1) is 0 Å². The zero-order valence-electron chi connectivity index (χ0n) is 21.0. The molecule has 6 nitrogen and oxygen atoms in total. The molecule has 36 heavy (non-hydrogen) atoms. The summed E-state index contributed by atoms with van der Waals surface area (Å²) < 4.78 is 38.4. The van der Waals surface area contributed by atoms with Crippen LogP contribution in [-0.4, -0.2) is 51.4 Å². The number of ether oxygens (including phenoxy) is 2. The van der Waals surface area contributed by atoms with Gasteiger partial charge in [0.25, 0.3) is 0 Å². The van der Waals surface area contributed by atoms with Gasteiger partial charge in [-0.3, -0.25) is 4.72 Å². The van der Waals surface area contributed by atoms with Crippen LogP contribution >= 0.6 is 0 Å². The van der Waals surface area contributed by atoms with E-state index in [9.17, 15) is 8.42 Å². The lowest BCUT2D eigenvalue weighted by Gasteiger charge is -2.37. The van der Waals surface area contributed by atoms with E-state index in [1.165, 1.54) is 11.1 Å². The number of piperidine rings is 1. The highest BCUT2D eigenvalue weighted by Gasteiger charge is 2.26. The Morgan fingerprint density at radius 2 is 1.44 bits per heavy atom. The van der Waals surface area contributed by atoms with E-state index >= 15 is 0 Å². The van der Waals surface area contributed by atoms with Gasteiger partial charge in [-0.25, -0.2) is 8.42 Å². The fourth-order valence-electron chi connectivity index (χ4n) is 4.65. The predicted molar refractivity (Wildman–Crippen MR) is 145 cm³/mol. The highest BCUT2D eigenvalue weighted by atomic mass is 32.2. The van der Waals surface area contributed by atoms with Crippen LogP contribution in [0.5, 0.6) is 5.75 Å². The van der Waals surface area contributed by atoms with Gasteiger partial charge < -0.3 is 14.4 Å². The van der Waals surface area contributed by atoms with Crippen molar-refractivity contribution in [1.29, 1.82) is 0 Å². The third-order valence-electron chi connectivity index (χ3n) is 6.61. The van der Waals surface area contributed by atoms with E-state index in [1.807, 2.05) is 18.2 Å². The van der Waals surface area contributed by atoms with Crippen LogP contribution in [0.1, 0.15) is 43.4 Å². The van der Waals surface area contributed by atoms with E-state index in [0.717, 1.165) is 38.6 Å². The van der Waals surface area contributed by atoms with Gasteiger partial charge in [0, 0.05) is 19.1 Å². The summed E-state index contributed by atoms with van der Waals surface area (Å²) in [6.45, 7) is 4.70. The summed E-state index contributed by atoms with van der Waals surface area (Å²) in [6.07, 6.45) is 4.13. The highest BCUT2D eigenvalue weighted by Crippen LogP contribution is 2.30. The summed E-state index contributed by atoms with van der Waals surface area (Å²) in [6, 6.07) is 28.4. The highest BCUT2D eigenvalue weighted by molar-refractivity contribution is 7.92. The van der Waals surface area contributed by atoms with Gasteiger partial charge in [0.15, 0.2) is 0 Å². The summed E-state index contributed by atoms with van der Waals surface area (Å²) in [5.41, 5.74) is 2.83. The molecule has 1 atom stereocenters. The van der Waals surface area contributed by atoms with E-state index in [4.69, 9.17) is 9.47 Å². The van der Waals surface area contributed by atoms with Crippen molar-refractivity contribution < 1.29 is 17.9 Å². The molecule has 0 radical (unpaired) electrons. The Balaban J connectivity index is 1.27. The Labute approximate surface area is 215 Å². The lowest BCUT2D eigenvalue weighted by atomic mass is 9.99. The molecule has 0 spiro atoms. The van der Waals surface area contributed by atoms with Crippen molar-refractivity contribution in [2.45, 2.75) is 44.4 Å². The number of rotatable bonds is 11. The van der Waals surface area contributed by atoms with E-state index < -0.39 is 10.0 Å². The maximum Gasteiger partial charge on any atom is 0.229 e. The number of likely N-dealkylation sites (tertiary alicyclic amines) is 1. The van der Waals surface area contributed by atoms with Crippen molar-refractivity contribution in [2.24, 2.45) is 0 Å². The summed E-state index contributed by atoms with van der Waals surface area (Å²) in [5.74, 6) is 0.551. The minimum absolute atomic E-state index is 0.0598. The van der Waals surface area contributed by atoms with Crippen LogP contribution in [0.3, 0.4) is 0 Å². The second-order valence-electron chi connectivity index (χ2n) is 9.43. The van der Waals surface area contributed by atoms with Gasteiger partial charge in [0.1, 0.15) is 11.9 Å². The molecular formula is C29H36N2O4S. The SMILES string of the molecule is CC(CCOc1ccccc1NS(C)(=O)=O)N1CCC(OC(c2ccccc2)c2ccccc2)CC1. The monoisotopic (exact) mass is 508 g/mol. The van der Waals surface area contributed by atoms with Crippen molar-refractivity contribution in [1.82, 2.24) is 4.90 Å². The fraction of sp³-hybridized carbons (Fsp3) is 0.379. The van der Waals surface area contributed by atoms with Gasteiger partial charge in [0.05, 0.1) is 24.7 Å². The summed E-state index contributed by atoms with van der Waals surface area (Å²) >= 11 is 0. The fourth-order valence-corrected chi connectivity index (χ4v) is 5.22. The first-order chi connectivity index (χ1) is 17.4. The number of hydrogen-bond acceptors (Lipinski definition) is 5. The second-order valence-corrected chi connectivity index (χ2v) is 11.2. The zero-order valence-corrected chi connectivity index (χ0v) is 21.9. The average Bonchev–Trinajstić information content (AvgIpc) is 2.89. The number of nitrogens with zero attached hydrogens (tertiary/aromatic N) is 1. The molecule has 1 heterocycles. The van der Waals surface area contributed by atoms with Gasteiger partial charge in [-0.2, -0.15) is 0 Å². The minimum Gasteiger partial charge on any atom is -0.491 e. The molecule has 7 heteroatoms. The van der Waals surface area contributed by atoms with Gasteiger partial charge >= 0.3 is 0 Å². The first kappa shape index (κ1) is 26.2. The van der Waals surface area contributed by atoms with Crippen LogP contribution in [0.25, 0.3) is 0 Å². The number of anilines is 1. The molecule has 0 amide bonds. The quantitative estimate of drug-likeness (QED) is 0.371. The third-order valence-corrected chi connectivity index (χ3v) is 7.20. The van der Waals surface area contributed by atoms with Crippen LogP contribution < -0.4 is 9.46 Å². The standard InChI is InChI=1S/C29H36N2O4S/c1-23(19-22-34-28-16-10-9-15-27(28)30-36(2,32)33)31-20-17-26(18-21-31)35-29(24-11-5-3-6-12-24)25-13-7-4-8-14-25/h3-16,23,26,29-30H,17-22H2,1-2H3. The van der Waals surface area contributed by atoms with E-state index in [0.29, 0.717) is 24.1 Å². The molecule has 1 fully saturated rings. The smallest absolute Gasteiger partial charge is 0.229 e. The lowest BCUT2D eigenvalue weighted by molar-refractivity contribution is -0.0333. The molecule has 0 bridgehead atoms. The lowest BCUT2D eigenvalue weighted by Crippen LogP contribution is -2.43. The number of nitrogens with one attached hydrogen (secondary N) is 1. The van der Waals surface area contributed by atoms with Crippen LogP contribution in [0, 0.1) is 0 Å². The van der Waals surface area contributed by atoms with Crippen molar-refractivity contribution in [3.63, 3.8) is 0 Å². The Bertz CT molecular complexity index is 1140. The van der Waals surface area contributed by atoms with E-state index in [2.05, 4.69) is 65.1 Å². The Morgan fingerprint density at radius 1 is 0.889 bits per heavy atom. The average molecular weight is 509 g/mol. The number of sulfonamides is 1. The normalized spacial score (nSPS) is 16.1. The third kappa shape index (κ3) is 7.56. The molecule has 3 aromatic carbocycles. The molecule has 0 saturated carbocycles. The first-order valence-corrected chi connectivity index (χ1v) is 14.5. The van der Waals surface area contributed by atoms with Crippen LogP contribution in [0.15, 0.2) is 84.9 Å². The van der Waals surface area contributed by atoms with Crippen molar-refractivity contribution in [3.8, 4) is 5.75 Å². The molecule has 0 aliphatic carbocycles. The van der Waals surface area contributed by atoms with Crippen molar-refractivity contribution >= 4 is 15.7 Å².